The molecule has 0 aliphatic rings. The summed E-state index contributed by atoms with van der Waals surface area (Å²) in [7, 11) is -3.56. The fraction of sp³-hybridized carbons (Fsp3) is 0.333. The number of alkyl halides is 3. The summed E-state index contributed by atoms with van der Waals surface area (Å²) >= 11 is 1.30. The van der Waals surface area contributed by atoms with Gasteiger partial charge in [0.2, 0.25) is 5.91 Å². The molecule has 0 aliphatic carbocycles. The molecule has 6 nitrogen and oxygen atoms in total. The quantitative estimate of drug-likeness (QED) is 0.299. The molecule has 0 aliphatic heterocycles. The van der Waals surface area contributed by atoms with Crippen molar-refractivity contribution in [3.05, 3.63) is 54.2 Å². The summed E-state index contributed by atoms with van der Waals surface area (Å²) in [5.74, 6) is -0.171. The summed E-state index contributed by atoms with van der Waals surface area (Å²) < 4.78 is 66.7. The van der Waals surface area contributed by atoms with E-state index in [2.05, 4.69) is 4.98 Å². The molecule has 4 aromatic rings. The van der Waals surface area contributed by atoms with Crippen LogP contribution in [0.5, 0.6) is 0 Å². The van der Waals surface area contributed by atoms with E-state index >= 15 is 0 Å². The fourth-order valence-corrected chi connectivity index (χ4v) is 6.36. The smallest absolute Gasteiger partial charge is 0.343 e. The molecule has 0 bridgehead atoms. The number of fused-ring (bicyclic) bond motifs is 3. The maximum absolute atomic E-state index is 12.8. The first kappa shape index (κ1) is 25.2. The second kappa shape index (κ2) is 9.62. The summed E-state index contributed by atoms with van der Waals surface area (Å²) in [6.07, 6.45) is -2.24. The summed E-state index contributed by atoms with van der Waals surface area (Å²) in [6.45, 7) is 4.97. The van der Waals surface area contributed by atoms with E-state index in [0.29, 0.717) is 29.3 Å². The molecule has 0 unspecified atom stereocenters. The Kier molecular flexibility index (Phi) is 6.92. The number of sulfone groups is 1. The molecular formula is C24H24F3N3O3S2. The Bertz CT molecular complexity index is 1470. The minimum atomic E-state index is -4.40. The lowest BCUT2D eigenvalue weighted by molar-refractivity contribution is -0.137. The van der Waals surface area contributed by atoms with Gasteiger partial charge in [0.1, 0.15) is 0 Å². The molecule has 0 saturated heterocycles. The van der Waals surface area contributed by atoms with Crippen LogP contribution in [0.25, 0.3) is 26.4 Å². The Hall–Kier alpha value is -2.92. The fourth-order valence-electron chi connectivity index (χ4n) is 3.91. The van der Waals surface area contributed by atoms with Crippen molar-refractivity contribution < 1.29 is 26.4 Å². The van der Waals surface area contributed by atoms with Gasteiger partial charge in [-0.25, -0.2) is 13.4 Å². The zero-order chi connectivity index (χ0) is 25.4. The first-order chi connectivity index (χ1) is 16.5. The van der Waals surface area contributed by atoms with Crippen molar-refractivity contribution in [2.45, 2.75) is 37.8 Å². The number of thiazole rings is 1. The van der Waals surface area contributed by atoms with Crippen LogP contribution >= 0.6 is 11.3 Å². The van der Waals surface area contributed by atoms with Crippen LogP contribution in [-0.4, -0.2) is 47.5 Å². The monoisotopic (exact) mass is 523 g/mol. The standard InChI is InChI=1S/C24H24F3N3O3S2/c1-3-29(4-2)22(31)6-5-13-35(32,33)18-11-12-20-21(14-18)34-23-28-19(15-30(20)23)16-7-9-17(10-8-16)24(25,26)27/h7-12,14-15H,3-6,13H2,1-2H3. The number of benzene rings is 2. The van der Waals surface area contributed by atoms with Crippen LogP contribution in [0.15, 0.2) is 53.6 Å². The van der Waals surface area contributed by atoms with Gasteiger partial charge >= 0.3 is 6.18 Å². The number of hydrogen-bond acceptors (Lipinski definition) is 5. The Balaban J connectivity index is 1.53. The molecule has 11 heteroatoms. The SMILES string of the molecule is CCN(CC)C(=O)CCCS(=O)(=O)c1ccc2c(c1)sc1nc(-c3ccc(C(F)(F)F)cc3)cn12. The first-order valence-corrected chi connectivity index (χ1v) is 13.6. The molecule has 0 N–H and O–H groups in total. The number of rotatable bonds is 8. The number of amides is 1. The molecule has 0 atom stereocenters. The lowest BCUT2D eigenvalue weighted by atomic mass is 10.1. The maximum atomic E-state index is 12.8. The second-order valence-corrected chi connectivity index (χ2v) is 11.2. The van der Waals surface area contributed by atoms with Gasteiger partial charge in [-0.1, -0.05) is 23.5 Å². The number of halogens is 3. The maximum Gasteiger partial charge on any atom is 0.416 e. The molecular weight excluding hydrogens is 499 g/mol. The van der Waals surface area contributed by atoms with Crippen LogP contribution in [0.3, 0.4) is 0 Å². The highest BCUT2D eigenvalue weighted by Crippen LogP contribution is 2.33. The molecule has 2 aromatic heterocycles. The largest absolute Gasteiger partial charge is 0.416 e. The van der Waals surface area contributed by atoms with Crippen molar-refractivity contribution in [2.75, 3.05) is 18.8 Å². The number of imidazole rings is 1. The van der Waals surface area contributed by atoms with E-state index in [1.807, 2.05) is 13.8 Å². The predicted octanol–water partition coefficient (Wildman–Crippen LogP) is 5.66. The van der Waals surface area contributed by atoms with Crippen LogP contribution < -0.4 is 0 Å². The highest BCUT2D eigenvalue weighted by molar-refractivity contribution is 7.91. The number of aromatic nitrogens is 2. The van der Waals surface area contributed by atoms with Crippen molar-refractivity contribution in [3.8, 4) is 11.3 Å². The highest BCUT2D eigenvalue weighted by Gasteiger charge is 2.30. The Morgan fingerprint density at radius 3 is 2.40 bits per heavy atom. The Morgan fingerprint density at radius 1 is 1.09 bits per heavy atom. The lowest BCUT2D eigenvalue weighted by Gasteiger charge is -2.18. The van der Waals surface area contributed by atoms with E-state index in [4.69, 9.17) is 0 Å². The molecule has 0 fully saturated rings. The van der Waals surface area contributed by atoms with Gasteiger partial charge in [-0.3, -0.25) is 9.20 Å². The van der Waals surface area contributed by atoms with E-state index in [0.717, 1.165) is 22.3 Å². The molecule has 0 radical (unpaired) electrons. The van der Waals surface area contributed by atoms with Gasteiger partial charge in [0, 0.05) is 31.3 Å². The molecule has 1 amide bonds. The van der Waals surface area contributed by atoms with E-state index in [1.165, 1.54) is 29.5 Å². The number of carbonyl (C=O) groups excluding carboxylic acids is 1. The van der Waals surface area contributed by atoms with E-state index in [1.54, 1.807) is 27.6 Å². The van der Waals surface area contributed by atoms with Crippen molar-refractivity contribution >= 4 is 42.3 Å². The van der Waals surface area contributed by atoms with Crippen molar-refractivity contribution in [1.29, 1.82) is 0 Å². The van der Waals surface area contributed by atoms with Crippen molar-refractivity contribution in [2.24, 2.45) is 0 Å². The van der Waals surface area contributed by atoms with Gasteiger partial charge in [0.05, 0.1) is 32.1 Å². The van der Waals surface area contributed by atoms with Gasteiger partial charge < -0.3 is 4.90 Å². The second-order valence-electron chi connectivity index (χ2n) is 8.07. The topological polar surface area (TPSA) is 71.8 Å². The average Bonchev–Trinajstić information content (AvgIpc) is 3.37. The normalized spacial score (nSPS) is 12.5. The zero-order valence-corrected chi connectivity index (χ0v) is 20.8. The van der Waals surface area contributed by atoms with Gasteiger partial charge in [-0.05, 0) is 50.6 Å². The zero-order valence-electron chi connectivity index (χ0n) is 19.2. The van der Waals surface area contributed by atoms with Crippen LogP contribution in [0.1, 0.15) is 32.3 Å². The third kappa shape index (κ3) is 5.20. The molecule has 0 spiro atoms. The van der Waals surface area contributed by atoms with Gasteiger partial charge in [-0.2, -0.15) is 13.2 Å². The third-order valence-corrected chi connectivity index (χ3v) is 8.67. The Labute approximate surface area is 204 Å². The molecule has 35 heavy (non-hydrogen) atoms. The van der Waals surface area contributed by atoms with E-state index in [-0.39, 0.29) is 29.4 Å². The third-order valence-electron chi connectivity index (χ3n) is 5.85. The van der Waals surface area contributed by atoms with Crippen LogP contribution in [0, 0.1) is 0 Å². The summed E-state index contributed by atoms with van der Waals surface area (Å²) in [6, 6.07) is 9.65. The van der Waals surface area contributed by atoms with Gasteiger partial charge in [-0.15, -0.1) is 0 Å². The number of hydrogen-bond donors (Lipinski definition) is 0. The molecule has 2 heterocycles. The number of nitrogens with zero attached hydrogens (tertiary/aromatic N) is 3. The van der Waals surface area contributed by atoms with E-state index < -0.39 is 21.6 Å². The van der Waals surface area contributed by atoms with Crippen molar-refractivity contribution in [1.82, 2.24) is 14.3 Å². The predicted molar refractivity (Wildman–Crippen MR) is 130 cm³/mol. The summed E-state index contributed by atoms with van der Waals surface area (Å²) in [5, 5.41) is 0. The summed E-state index contributed by atoms with van der Waals surface area (Å²) in [4.78, 5) is 19.1. The van der Waals surface area contributed by atoms with Gasteiger partial charge in [0.15, 0.2) is 14.8 Å². The number of carbonyl (C=O) groups is 1. The first-order valence-electron chi connectivity index (χ1n) is 11.1. The van der Waals surface area contributed by atoms with Crippen LogP contribution in [0.4, 0.5) is 13.2 Å². The Morgan fingerprint density at radius 2 is 1.77 bits per heavy atom. The molecule has 0 saturated carbocycles. The van der Waals surface area contributed by atoms with E-state index in [9.17, 15) is 26.4 Å². The van der Waals surface area contributed by atoms with Crippen LogP contribution in [-0.2, 0) is 20.8 Å². The van der Waals surface area contributed by atoms with Crippen molar-refractivity contribution in [3.63, 3.8) is 0 Å². The average molecular weight is 524 g/mol. The minimum absolute atomic E-state index is 0.0519. The van der Waals surface area contributed by atoms with Gasteiger partial charge in [0.25, 0.3) is 0 Å². The molecule has 2 aromatic carbocycles. The molecule has 186 valence electrons. The highest BCUT2D eigenvalue weighted by atomic mass is 32.2. The summed E-state index contributed by atoms with van der Waals surface area (Å²) in [5.41, 5.74) is 1.12. The lowest BCUT2D eigenvalue weighted by Crippen LogP contribution is -2.30. The molecule has 4 rings (SSSR count). The minimum Gasteiger partial charge on any atom is -0.343 e. The van der Waals surface area contributed by atoms with Crippen LogP contribution in [0.2, 0.25) is 0 Å².